The molecule has 5 nitrogen and oxygen atoms in total. The van der Waals surface area contributed by atoms with Gasteiger partial charge in [0.05, 0.1) is 0 Å². The molecule has 0 unspecified atom stereocenters. The van der Waals surface area contributed by atoms with E-state index in [2.05, 4.69) is 10.2 Å². The molecular weight excluding hydrogens is 309 g/mol. The van der Waals surface area contributed by atoms with Gasteiger partial charge in [-0.15, -0.1) is 10.2 Å². The summed E-state index contributed by atoms with van der Waals surface area (Å²) in [7, 11) is 0.273. The molecule has 0 radical (unpaired) electrons. The summed E-state index contributed by atoms with van der Waals surface area (Å²) in [5.41, 5.74) is 0. The molecule has 0 bridgehead atoms. The zero-order valence-electron chi connectivity index (χ0n) is 8.54. The SMILES string of the molecule is CCn1c(C(F)(F)C(F)(F)F)nnc1S(=O)(=O)Cl. The van der Waals surface area contributed by atoms with Crippen molar-refractivity contribution in [2.24, 2.45) is 0 Å². The van der Waals surface area contributed by atoms with E-state index in [1.165, 1.54) is 0 Å². The van der Waals surface area contributed by atoms with Crippen LogP contribution in [-0.4, -0.2) is 29.4 Å². The average Bonchev–Trinajstić information content (AvgIpc) is 2.58. The molecule has 12 heteroatoms. The molecule has 1 heterocycles. The maximum absolute atomic E-state index is 13.0. The monoisotopic (exact) mass is 313 g/mol. The third kappa shape index (κ3) is 2.41. The molecule has 1 rings (SSSR count). The van der Waals surface area contributed by atoms with Crippen molar-refractivity contribution in [3.63, 3.8) is 0 Å². The van der Waals surface area contributed by atoms with Crippen molar-refractivity contribution < 1.29 is 30.4 Å². The Balaban J connectivity index is 3.51. The van der Waals surface area contributed by atoms with Crippen molar-refractivity contribution in [3.05, 3.63) is 5.82 Å². The van der Waals surface area contributed by atoms with E-state index in [-0.39, 0.29) is 4.57 Å². The number of rotatable bonds is 3. The molecule has 0 spiro atoms. The second kappa shape index (κ2) is 4.30. The Hall–Kier alpha value is -0.970. The van der Waals surface area contributed by atoms with Crippen molar-refractivity contribution in [1.29, 1.82) is 0 Å². The molecule has 18 heavy (non-hydrogen) atoms. The van der Waals surface area contributed by atoms with Gasteiger partial charge in [-0.05, 0) is 6.92 Å². The fourth-order valence-electron chi connectivity index (χ4n) is 1.11. The predicted molar refractivity (Wildman–Crippen MR) is 48.7 cm³/mol. The van der Waals surface area contributed by atoms with E-state index in [1.807, 2.05) is 0 Å². The average molecular weight is 314 g/mol. The Labute approximate surface area is 102 Å². The fourth-order valence-corrected chi connectivity index (χ4v) is 2.07. The molecule has 0 N–H and O–H groups in total. The van der Waals surface area contributed by atoms with Crippen LogP contribution in [0.25, 0.3) is 0 Å². The summed E-state index contributed by atoms with van der Waals surface area (Å²) in [6.07, 6.45) is -5.92. The molecule has 0 fully saturated rings. The lowest BCUT2D eigenvalue weighted by Crippen LogP contribution is -2.36. The van der Waals surface area contributed by atoms with Gasteiger partial charge in [-0.2, -0.15) is 22.0 Å². The Morgan fingerprint density at radius 3 is 2.06 bits per heavy atom. The van der Waals surface area contributed by atoms with E-state index in [1.54, 1.807) is 0 Å². The van der Waals surface area contributed by atoms with Crippen LogP contribution in [-0.2, 0) is 21.5 Å². The van der Waals surface area contributed by atoms with Crippen molar-refractivity contribution in [2.75, 3.05) is 0 Å². The Morgan fingerprint density at radius 2 is 1.72 bits per heavy atom. The molecular formula is C6H5ClF5N3O2S. The Kier molecular flexibility index (Phi) is 3.60. The van der Waals surface area contributed by atoms with Gasteiger partial charge in [0.25, 0.3) is 14.2 Å². The predicted octanol–water partition coefficient (Wildman–Crippen LogP) is 1.88. The molecule has 1 aromatic rings. The quantitative estimate of drug-likeness (QED) is 0.631. The number of hydrogen-bond acceptors (Lipinski definition) is 4. The highest BCUT2D eigenvalue weighted by Crippen LogP contribution is 2.43. The molecule has 0 aliphatic heterocycles. The number of hydrogen-bond donors (Lipinski definition) is 0. The summed E-state index contributed by atoms with van der Waals surface area (Å²) in [6.45, 7) is 0.625. The first-order chi connectivity index (χ1) is 7.93. The first kappa shape index (κ1) is 15.1. The van der Waals surface area contributed by atoms with Crippen LogP contribution in [0.3, 0.4) is 0 Å². The molecule has 0 saturated heterocycles. The third-order valence-corrected chi connectivity index (χ3v) is 3.04. The van der Waals surface area contributed by atoms with Crippen LogP contribution in [0.5, 0.6) is 0 Å². The van der Waals surface area contributed by atoms with Crippen molar-refractivity contribution in [1.82, 2.24) is 14.8 Å². The number of halogens is 6. The first-order valence-corrected chi connectivity index (χ1v) is 6.56. The fraction of sp³-hybridized carbons (Fsp3) is 0.667. The molecule has 0 amide bonds. The van der Waals surface area contributed by atoms with Gasteiger partial charge in [0.1, 0.15) is 0 Å². The normalized spacial score (nSPS) is 13.9. The summed E-state index contributed by atoms with van der Waals surface area (Å²) >= 11 is 0. The molecule has 0 saturated carbocycles. The Bertz CT molecular complexity index is 552. The summed E-state index contributed by atoms with van der Waals surface area (Å²) in [5, 5.41) is 4.16. The van der Waals surface area contributed by atoms with Gasteiger partial charge in [0.2, 0.25) is 5.82 Å². The molecule has 0 aliphatic carbocycles. The van der Waals surface area contributed by atoms with Gasteiger partial charge in [-0.1, -0.05) is 0 Å². The van der Waals surface area contributed by atoms with Crippen LogP contribution >= 0.6 is 10.7 Å². The van der Waals surface area contributed by atoms with E-state index in [0.717, 1.165) is 6.92 Å². The molecule has 0 aromatic carbocycles. The lowest BCUT2D eigenvalue weighted by molar-refractivity contribution is -0.293. The minimum Gasteiger partial charge on any atom is -0.296 e. The van der Waals surface area contributed by atoms with Crippen LogP contribution in [0.4, 0.5) is 22.0 Å². The van der Waals surface area contributed by atoms with Crippen molar-refractivity contribution >= 4 is 19.7 Å². The minimum absolute atomic E-state index is 0.0931. The highest BCUT2D eigenvalue weighted by atomic mass is 35.7. The summed E-state index contributed by atoms with van der Waals surface area (Å²) in [6, 6.07) is 0. The standard InChI is InChI=1S/C6H5ClF5N3O2S/c1-2-15-3(5(8,9)6(10,11)12)13-14-4(15)18(7,16)17/h2H2,1H3. The maximum Gasteiger partial charge on any atom is 0.461 e. The zero-order valence-corrected chi connectivity index (χ0v) is 10.1. The number of aromatic nitrogens is 3. The molecule has 1 aromatic heterocycles. The first-order valence-electron chi connectivity index (χ1n) is 4.25. The molecule has 0 aliphatic rings. The summed E-state index contributed by atoms with van der Waals surface area (Å²) < 4.78 is 84.4. The summed E-state index contributed by atoms with van der Waals surface area (Å²) in [4.78, 5) is 0. The van der Waals surface area contributed by atoms with Gasteiger partial charge in [-0.3, -0.25) is 4.57 Å². The topological polar surface area (TPSA) is 64.8 Å². The molecule has 104 valence electrons. The largest absolute Gasteiger partial charge is 0.461 e. The summed E-state index contributed by atoms with van der Waals surface area (Å²) in [5.74, 6) is -7.15. The highest BCUT2D eigenvalue weighted by molar-refractivity contribution is 8.13. The number of alkyl halides is 5. The van der Waals surface area contributed by atoms with Gasteiger partial charge in [0, 0.05) is 17.2 Å². The number of nitrogens with zero attached hydrogens (tertiary/aromatic N) is 3. The third-order valence-electron chi connectivity index (χ3n) is 1.89. The van der Waals surface area contributed by atoms with E-state index >= 15 is 0 Å². The van der Waals surface area contributed by atoms with Crippen LogP contribution in [0.2, 0.25) is 0 Å². The van der Waals surface area contributed by atoms with Gasteiger partial charge in [0.15, 0.2) is 0 Å². The van der Waals surface area contributed by atoms with Crippen molar-refractivity contribution in [3.8, 4) is 0 Å². The highest BCUT2D eigenvalue weighted by Gasteiger charge is 2.62. The lowest BCUT2D eigenvalue weighted by atomic mass is 10.3. The van der Waals surface area contributed by atoms with Crippen LogP contribution in [0, 0.1) is 0 Å². The van der Waals surface area contributed by atoms with Crippen LogP contribution < -0.4 is 0 Å². The van der Waals surface area contributed by atoms with E-state index in [4.69, 9.17) is 10.7 Å². The van der Waals surface area contributed by atoms with Gasteiger partial charge in [-0.25, -0.2) is 8.42 Å². The molecule has 0 atom stereocenters. The lowest BCUT2D eigenvalue weighted by Gasteiger charge is -2.19. The van der Waals surface area contributed by atoms with E-state index < -0.39 is 38.7 Å². The van der Waals surface area contributed by atoms with E-state index in [9.17, 15) is 30.4 Å². The van der Waals surface area contributed by atoms with Crippen LogP contribution in [0.15, 0.2) is 5.16 Å². The Morgan fingerprint density at radius 1 is 1.22 bits per heavy atom. The smallest absolute Gasteiger partial charge is 0.296 e. The minimum atomic E-state index is -5.92. The second-order valence-corrected chi connectivity index (χ2v) is 5.52. The second-order valence-electron chi connectivity index (χ2n) is 3.06. The van der Waals surface area contributed by atoms with Gasteiger partial charge < -0.3 is 0 Å². The maximum atomic E-state index is 13.0. The van der Waals surface area contributed by atoms with E-state index in [0.29, 0.717) is 0 Å². The van der Waals surface area contributed by atoms with Gasteiger partial charge >= 0.3 is 12.1 Å². The zero-order chi connectivity index (χ0) is 14.4. The van der Waals surface area contributed by atoms with Crippen molar-refractivity contribution in [2.45, 2.75) is 30.7 Å². The van der Waals surface area contributed by atoms with Crippen LogP contribution in [0.1, 0.15) is 12.7 Å².